The van der Waals surface area contributed by atoms with Gasteiger partial charge in [-0.15, -0.1) is 0 Å². The maximum Gasteiger partial charge on any atom is 0.274 e. The number of nitrogens with one attached hydrogen (secondary N) is 2. The van der Waals surface area contributed by atoms with Crippen LogP contribution in [0.2, 0.25) is 0 Å². The molecule has 1 aliphatic carbocycles. The van der Waals surface area contributed by atoms with E-state index < -0.39 is 0 Å². The smallest absolute Gasteiger partial charge is 0.274 e. The largest absolute Gasteiger partial charge is 0.382 e. The fraction of sp³-hybridized carbons (Fsp3) is 0.571. The van der Waals surface area contributed by atoms with Crippen molar-refractivity contribution in [2.45, 2.75) is 44.7 Å². The van der Waals surface area contributed by atoms with Crippen LogP contribution in [-0.2, 0) is 0 Å². The van der Waals surface area contributed by atoms with E-state index in [1.807, 2.05) is 13.1 Å². The van der Waals surface area contributed by atoms with Gasteiger partial charge in [-0.3, -0.25) is 10.1 Å². The highest BCUT2D eigenvalue weighted by Crippen LogP contribution is 2.28. The van der Waals surface area contributed by atoms with E-state index >= 15 is 0 Å². The standard InChI is InChI=1S/C14H21N3O2/c1-10-13(4-3-5-14(10)17(18)19)16-12-8-6-11(15-2)7-9-12/h3-5,11-12,15-16H,6-9H2,1-2H3. The highest BCUT2D eigenvalue weighted by molar-refractivity contribution is 5.60. The molecule has 2 N–H and O–H groups in total. The van der Waals surface area contributed by atoms with E-state index in [-0.39, 0.29) is 10.6 Å². The Balaban J connectivity index is 2.04. The van der Waals surface area contributed by atoms with Crippen molar-refractivity contribution >= 4 is 11.4 Å². The Morgan fingerprint density at radius 1 is 1.21 bits per heavy atom. The number of nitrogens with zero attached hydrogens (tertiary/aromatic N) is 1. The maximum atomic E-state index is 10.9. The third-order valence-electron chi connectivity index (χ3n) is 4.00. The molecule has 0 radical (unpaired) electrons. The van der Waals surface area contributed by atoms with Gasteiger partial charge in [-0.1, -0.05) is 6.07 Å². The third-order valence-corrected chi connectivity index (χ3v) is 4.00. The minimum Gasteiger partial charge on any atom is -0.382 e. The Morgan fingerprint density at radius 2 is 1.84 bits per heavy atom. The zero-order valence-electron chi connectivity index (χ0n) is 11.5. The minimum absolute atomic E-state index is 0.189. The summed E-state index contributed by atoms with van der Waals surface area (Å²) in [6.45, 7) is 1.81. The topological polar surface area (TPSA) is 67.2 Å². The van der Waals surface area contributed by atoms with Gasteiger partial charge in [0.2, 0.25) is 0 Å². The third kappa shape index (κ3) is 3.23. The van der Waals surface area contributed by atoms with Crippen molar-refractivity contribution in [1.29, 1.82) is 0 Å². The molecule has 1 fully saturated rings. The molecule has 0 bridgehead atoms. The van der Waals surface area contributed by atoms with Crippen molar-refractivity contribution < 1.29 is 4.92 Å². The maximum absolute atomic E-state index is 10.9. The second-order valence-corrected chi connectivity index (χ2v) is 5.19. The number of anilines is 1. The van der Waals surface area contributed by atoms with E-state index in [4.69, 9.17) is 0 Å². The molecule has 104 valence electrons. The zero-order chi connectivity index (χ0) is 13.8. The van der Waals surface area contributed by atoms with Crippen LogP contribution in [0.4, 0.5) is 11.4 Å². The molecule has 19 heavy (non-hydrogen) atoms. The van der Waals surface area contributed by atoms with Gasteiger partial charge in [0.25, 0.3) is 5.69 Å². The number of rotatable bonds is 4. The first kappa shape index (κ1) is 13.8. The lowest BCUT2D eigenvalue weighted by molar-refractivity contribution is -0.385. The molecular formula is C14H21N3O2. The summed E-state index contributed by atoms with van der Waals surface area (Å²) in [6, 6.07) is 6.26. The number of hydrogen-bond donors (Lipinski definition) is 2. The minimum atomic E-state index is -0.321. The fourth-order valence-electron chi connectivity index (χ4n) is 2.72. The normalized spacial score (nSPS) is 23.1. The molecule has 0 heterocycles. The molecule has 0 saturated heterocycles. The van der Waals surface area contributed by atoms with Crippen molar-refractivity contribution in [2.75, 3.05) is 12.4 Å². The van der Waals surface area contributed by atoms with E-state index in [0.29, 0.717) is 12.1 Å². The average molecular weight is 263 g/mol. The van der Waals surface area contributed by atoms with Crippen LogP contribution in [0.25, 0.3) is 0 Å². The van der Waals surface area contributed by atoms with Crippen LogP contribution in [-0.4, -0.2) is 24.1 Å². The van der Waals surface area contributed by atoms with Gasteiger partial charge in [0, 0.05) is 29.4 Å². The molecule has 0 aromatic heterocycles. The summed E-state index contributed by atoms with van der Waals surface area (Å²) in [6.07, 6.45) is 4.52. The van der Waals surface area contributed by atoms with Crippen LogP contribution in [0.3, 0.4) is 0 Å². The lowest BCUT2D eigenvalue weighted by atomic mass is 9.91. The number of hydrogen-bond acceptors (Lipinski definition) is 4. The summed E-state index contributed by atoms with van der Waals surface area (Å²) in [5.41, 5.74) is 1.80. The number of nitro groups is 1. The van der Waals surface area contributed by atoms with E-state index in [1.54, 1.807) is 19.1 Å². The fourth-order valence-corrected chi connectivity index (χ4v) is 2.72. The first-order valence-corrected chi connectivity index (χ1v) is 6.79. The van der Waals surface area contributed by atoms with Crippen molar-refractivity contribution in [1.82, 2.24) is 5.32 Å². The van der Waals surface area contributed by atoms with Gasteiger partial charge in [0.05, 0.1) is 4.92 Å². The molecule has 0 spiro atoms. The summed E-state index contributed by atoms with van der Waals surface area (Å²) in [5, 5.41) is 17.7. The van der Waals surface area contributed by atoms with Crippen molar-refractivity contribution in [2.24, 2.45) is 0 Å². The molecule has 5 heteroatoms. The second-order valence-electron chi connectivity index (χ2n) is 5.19. The lowest BCUT2D eigenvalue weighted by Gasteiger charge is -2.29. The van der Waals surface area contributed by atoms with Crippen LogP contribution in [0.1, 0.15) is 31.2 Å². The Bertz CT molecular complexity index is 454. The molecule has 1 aliphatic rings. The van der Waals surface area contributed by atoms with Crippen molar-refractivity contribution in [3.8, 4) is 0 Å². The van der Waals surface area contributed by atoms with Gasteiger partial charge in [-0.05, 0) is 45.7 Å². The monoisotopic (exact) mass is 263 g/mol. The Morgan fingerprint density at radius 3 is 2.42 bits per heavy atom. The molecule has 0 atom stereocenters. The van der Waals surface area contributed by atoms with Gasteiger partial charge >= 0.3 is 0 Å². The van der Waals surface area contributed by atoms with E-state index in [1.165, 1.54) is 0 Å². The molecular weight excluding hydrogens is 242 g/mol. The predicted molar refractivity (Wildman–Crippen MR) is 76.6 cm³/mol. The van der Waals surface area contributed by atoms with E-state index in [0.717, 1.165) is 36.9 Å². The van der Waals surface area contributed by atoms with Crippen LogP contribution < -0.4 is 10.6 Å². The molecule has 0 amide bonds. The molecule has 1 aromatic rings. The van der Waals surface area contributed by atoms with Gasteiger partial charge < -0.3 is 10.6 Å². The van der Waals surface area contributed by atoms with Crippen LogP contribution in [0, 0.1) is 17.0 Å². The van der Waals surface area contributed by atoms with E-state index in [9.17, 15) is 10.1 Å². The summed E-state index contributed by atoms with van der Waals surface area (Å²) < 4.78 is 0. The molecule has 5 nitrogen and oxygen atoms in total. The van der Waals surface area contributed by atoms with Crippen LogP contribution in [0.5, 0.6) is 0 Å². The van der Waals surface area contributed by atoms with Crippen LogP contribution in [0.15, 0.2) is 18.2 Å². The molecule has 1 saturated carbocycles. The average Bonchev–Trinajstić information content (AvgIpc) is 2.41. The van der Waals surface area contributed by atoms with Crippen molar-refractivity contribution in [3.63, 3.8) is 0 Å². The first-order valence-electron chi connectivity index (χ1n) is 6.79. The highest BCUT2D eigenvalue weighted by atomic mass is 16.6. The van der Waals surface area contributed by atoms with Gasteiger partial charge in [-0.2, -0.15) is 0 Å². The highest BCUT2D eigenvalue weighted by Gasteiger charge is 2.21. The number of nitro benzene ring substituents is 1. The Hall–Kier alpha value is -1.62. The number of benzene rings is 1. The SMILES string of the molecule is CNC1CCC(Nc2cccc([N+](=O)[O-])c2C)CC1. The van der Waals surface area contributed by atoms with Gasteiger partial charge in [0.15, 0.2) is 0 Å². The van der Waals surface area contributed by atoms with E-state index in [2.05, 4.69) is 10.6 Å². The summed E-state index contributed by atoms with van der Waals surface area (Å²) in [4.78, 5) is 10.6. The molecule has 1 aromatic carbocycles. The summed E-state index contributed by atoms with van der Waals surface area (Å²) in [5.74, 6) is 0. The predicted octanol–water partition coefficient (Wildman–Crippen LogP) is 2.85. The Kier molecular flexibility index (Phi) is 4.37. The lowest BCUT2D eigenvalue weighted by Crippen LogP contribution is -2.35. The molecule has 0 unspecified atom stereocenters. The molecule has 0 aliphatic heterocycles. The van der Waals surface area contributed by atoms with Gasteiger partial charge in [-0.25, -0.2) is 0 Å². The second kappa shape index (κ2) is 6.02. The van der Waals surface area contributed by atoms with Gasteiger partial charge in [0.1, 0.15) is 0 Å². The summed E-state index contributed by atoms with van der Waals surface area (Å²) >= 11 is 0. The molecule has 2 rings (SSSR count). The first-order chi connectivity index (χ1) is 9.11. The Labute approximate surface area is 113 Å². The van der Waals surface area contributed by atoms with Crippen molar-refractivity contribution in [3.05, 3.63) is 33.9 Å². The zero-order valence-corrected chi connectivity index (χ0v) is 11.5. The summed E-state index contributed by atoms with van der Waals surface area (Å²) in [7, 11) is 2.00. The quantitative estimate of drug-likeness (QED) is 0.647. The van der Waals surface area contributed by atoms with Crippen LogP contribution >= 0.6 is 0 Å².